The average Bonchev–Trinajstić information content (AvgIpc) is 2.37. The van der Waals surface area contributed by atoms with Gasteiger partial charge in [0.1, 0.15) is 0 Å². The topological polar surface area (TPSA) is 15.3 Å². The van der Waals surface area contributed by atoms with Crippen LogP contribution in [-0.4, -0.2) is 30.1 Å². The van der Waals surface area contributed by atoms with Gasteiger partial charge in [0.05, 0.1) is 0 Å². The Morgan fingerprint density at radius 2 is 1.95 bits per heavy atom. The second-order valence-corrected chi connectivity index (χ2v) is 6.44. The van der Waals surface area contributed by atoms with Gasteiger partial charge in [0.25, 0.3) is 0 Å². The van der Waals surface area contributed by atoms with Gasteiger partial charge in [-0.25, -0.2) is 0 Å². The van der Waals surface area contributed by atoms with Crippen LogP contribution in [-0.2, 0) is 6.54 Å². The number of nitrogens with zero attached hydrogens (tertiary/aromatic N) is 1. The number of rotatable bonds is 3. The van der Waals surface area contributed by atoms with Crippen molar-refractivity contribution in [1.82, 2.24) is 10.2 Å². The van der Waals surface area contributed by atoms with Gasteiger partial charge in [-0.1, -0.05) is 36.2 Å². The summed E-state index contributed by atoms with van der Waals surface area (Å²) in [4.78, 5) is 2.63. The quantitative estimate of drug-likeness (QED) is 0.896. The summed E-state index contributed by atoms with van der Waals surface area (Å²) in [6.07, 6.45) is 6.90. The first-order valence-electron chi connectivity index (χ1n) is 7.73. The zero-order valence-corrected chi connectivity index (χ0v) is 12.2. The lowest BCUT2D eigenvalue weighted by Gasteiger charge is -2.47. The molecule has 0 saturated carbocycles. The minimum atomic E-state index is 0.715. The normalized spacial score (nSPS) is 31.4. The number of hydrogen-bond acceptors (Lipinski definition) is 2. The van der Waals surface area contributed by atoms with Crippen molar-refractivity contribution in [2.45, 2.75) is 63.7 Å². The maximum Gasteiger partial charge on any atom is 0.0208 e. The fourth-order valence-corrected chi connectivity index (χ4v) is 3.87. The summed E-state index contributed by atoms with van der Waals surface area (Å²) in [6.45, 7) is 3.19. The summed E-state index contributed by atoms with van der Waals surface area (Å²) >= 11 is 0. The standard InChI is InChI=1S/C17H26N2/c1-13-5-3-6-14(9-13)12-18-15-10-16-7-4-8-17(11-15)19(16)2/h3,5-6,9,15-18H,4,7-8,10-12H2,1-2H3. The molecule has 1 aromatic carbocycles. The minimum absolute atomic E-state index is 0.715. The van der Waals surface area contributed by atoms with Gasteiger partial charge in [-0.05, 0) is 45.2 Å². The van der Waals surface area contributed by atoms with Crippen molar-refractivity contribution in [2.75, 3.05) is 7.05 Å². The Morgan fingerprint density at radius 3 is 2.63 bits per heavy atom. The van der Waals surface area contributed by atoms with Gasteiger partial charge >= 0.3 is 0 Å². The summed E-state index contributed by atoms with van der Waals surface area (Å²) < 4.78 is 0. The smallest absolute Gasteiger partial charge is 0.0208 e. The molecule has 2 aliphatic rings. The third-order valence-corrected chi connectivity index (χ3v) is 5.02. The Kier molecular flexibility index (Phi) is 3.90. The molecule has 3 rings (SSSR count). The Hall–Kier alpha value is -0.860. The van der Waals surface area contributed by atoms with Crippen LogP contribution in [0.1, 0.15) is 43.2 Å². The molecule has 2 bridgehead atoms. The zero-order valence-electron chi connectivity index (χ0n) is 12.2. The van der Waals surface area contributed by atoms with Gasteiger partial charge in [-0.2, -0.15) is 0 Å². The largest absolute Gasteiger partial charge is 0.310 e. The average molecular weight is 258 g/mol. The molecule has 0 aromatic heterocycles. The van der Waals surface area contributed by atoms with Gasteiger partial charge in [0, 0.05) is 24.7 Å². The predicted octanol–water partition coefficient (Wildman–Crippen LogP) is 3.10. The van der Waals surface area contributed by atoms with Crippen LogP contribution in [0.3, 0.4) is 0 Å². The molecule has 1 N–H and O–H groups in total. The van der Waals surface area contributed by atoms with E-state index < -0.39 is 0 Å². The molecule has 0 amide bonds. The molecular formula is C17H26N2. The maximum atomic E-state index is 3.79. The van der Waals surface area contributed by atoms with Crippen molar-refractivity contribution < 1.29 is 0 Å². The summed E-state index contributed by atoms with van der Waals surface area (Å²) in [6, 6.07) is 11.2. The first-order chi connectivity index (χ1) is 9.22. The molecule has 0 spiro atoms. The molecule has 2 atom stereocenters. The lowest BCUT2D eigenvalue weighted by Crippen LogP contribution is -2.54. The van der Waals surface area contributed by atoms with Gasteiger partial charge in [-0.3, -0.25) is 0 Å². The number of fused-ring (bicyclic) bond motifs is 2. The van der Waals surface area contributed by atoms with E-state index in [1.165, 1.54) is 43.2 Å². The number of benzene rings is 1. The van der Waals surface area contributed by atoms with Gasteiger partial charge in [-0.15, -0.1) is 0 Å². The fraction of sp³-hybridized carbons (Fsp3) is 0.647. The molecule has 2 aliphatic heterocycles. The molecule has 0 aliphatic carbocycles. The lowest BCUT2D eigenvalue weighted by atomic mass is 9.82. The maximum absolute atomic E-state index is 3.79. The van der Waals surface area contributed by atoms with Gasteiger partial charge < -0.3 is 10.2 Å². The summed E-state index contributed by atoms with van der Waals surface area (Å²) in [5, 5.41) is 3.79. The Bertz CT molecular complexity index is 415. The second-order valence-electron chi connectivity index (χ2n) is 6.44. The highest BCUT2D eigenvalue weighted by atomic mass is 15.2. The third kappa shape index (κ3) is 3.01. The van der Waals surface area contributed by atoms with E-state index >= 15 is 0 Å². The highest BCUT2D eigenvalue weighted by Crippen LogP contribution is 2.32. The van der Waals surface area contributed by atoms with Crippen molar-refractivity contribution in [3.05, 3.63) is 35.4 Å². The number of aryl methyl sites for hydroxylation is 1. The molecule has 2 heteroatoms. The predicted molar refractivity (Wildman–Crippen MR) is 80.2 cm³/mol. The Morgan fingerprint density at radius 1 is 1.21 bits per heavy atom. The van der Waals surface area contributed by atoms with Crippen molar-refractivity contribution in [1.29, 1.82) is 0 Å². The monoisotopic (exact) mass is 258 g/mol. The summed E-state index contributed by atoms with van der Waals surface area (Å²) in [5.74, 6) is 0. The van der Waals surface area contributed by atoms with Crippen LogP contribution in [0.2, 0.25) is 0 Å². The molecule has 19 heavy (non-hydrogen) atoms. The molecule has 0 radical (unpaired) electrons. The van der Waals surface area contributed by atoms with Crippen LogP contribution in [0.4, 0.5) is 0 Å². The third-order valence-electron chi connectivity index (χ3n) is 5.02. The molecule has 2 unspecified atom stereocenters. The molecule has 104 valence electrons. The first kappa shape index (κ1) is 13.1. The molecule has 2 saturated heterocycles. The lowest BCUT2D eigenvalue weighted by molar-refractivity contribution is 0.0482. The number of hydrogen-bond donors (Lipinski definition) is 1. The van der Waals surface area contributed by atoms with Crippen LogP contribution >= 0.6 is 0 Å². The zero-order chi connectivity index (χ0) is 13.2. The van der Waals surface area contributed by atoms with Crippen LogP contribution in [0.15, 0.2) is 24.3 Å². The fourth-order valence-electron chi connectivity index (χ4n) is 3.87. The molecular weight excluding hydrogens is 232 g/mol. The number of nitrogens with one attached hydrogen (secondary N) is 1. The van der Waals surface area contributed by atoms with Crippen LogP contribution in [0.5, 0.6) is 0 Å². The Labute approximate surface area is 117 Å². The summed E-state index contributed by atoms with van der Waals surface area (Å²) in [5.41, 5.74) is 2.78. The van der Waals surface area contributed by atoms with E-state index in [4.69, 9.17) is 0 Å². The van der Waals surface area contributed by atoms with E-state index in [2.05, 4.69) is 48.5 Å². The summed E-state index contributed by atoms with van der Waals surface area (Å²) in [7, 11) is 2.32. The van der Waals surface area contributed by atoms with Crippen molar-refractivity contribution >= 4 is 0 Å². The van der Waals surface area contributed by atoms with E-state index in [1.807, 2.05) is 0 Å². The van der Waals surface area contributed by atoms with Crippen LogP contribution in [0.25, 0.3) is 0 Å². The van der Waals surface area contributed by atoms with Crippen molar-refractivity contribution in [3.63, 3.8) is 0 Å². The van der Waals surface area contributed by atoms with E-state index in [0.29, 0.717) is 6.04 Å². The molecule has 2 heterocycles. The van der Waals surface area contributed by atoms with Crippen molar-refractivity contribution in [3.8, 4) is 0 Å². The molecule has 1 aromatic rings. The van der Waals surface area contributed by atoms with E-state index in [1.54, 1.807) is 0 Å². The van der Waals surface area contributed by atoms with Gasteiger partial charge in [0.2, 0.25) is 0 Å². The first-order valence-corrected chi connectivity index (χ1v) is 7.73. The van der Waals surface area contributed by atoms with Crippen LogP contribution < -0.4 is 5.32 Å². The molecule has 2 nitrogen and oxygen atoms in total. The van der Waals surface area contributed by atoms with Gasteiger partial charge in [0.15, 0.2) is 0 Å². The van der Waals surface area contributed by atoms with E-state index in [0.717, 1.165) is 18.6 Å². The van der Waals surface area contributed by atoms with E-state index in [9.17, 15) is 0 Å². The highest BCUT2D eigenvalue weighted by Gasteiger charge is 2.35. The van der Waals surface area contributed by atoms with E-state index in [-0.39, 0.29) is 0 Å². The van der Waals surface area contributed by atoms with Crippen molar-refractivity contribution in [2.24, 2.45) is 0 Å². The minimum Gasteiger partial charge on any atom is -0.310 e. The second kappa shape index (κ2) is 5.64. The Balaban J connectivity index is 1.56. The van der Waals surface area contributed by atoms with Crippen LogP contribution in [0, 0.1) is 6.92 Å². The highest BCUT2D eigenvalue weighted by molar-refractivity contribution is 5.22. The molecule has 2 fully saturated rings. The SMILES string of the molecule is Cc1cccc(CNC2CC3CCCC(C2)N3C)c1. The number of piperidine rings is 2.